The number of nitrogens with one attached hydrogen (secondary N) is 1. The molecule has 0 saturated carbocycles. The highest BCUT2D eigenvalue weighted by Gasteiger charge is 2.22. The van der Waals surface area contributed by atoms with Crippen LogP contribution in [-0.4, -0.2) is 15.8 Å². The molecule has 0 fully saturated rings. The van der Waals surface area contributed by atoms with E-state index in [9.17, 15) is 30.1 Å². The third-order valence-electron chi connectivity index (χ3n) is 3.74. The van der Waals surface area contributed by atoms with Crippen LogP contribution >= 0.6 is 0 Å². The third kappa shape index (κ3) is 3.00. The van der Waals surface area contributed by atoms with Gasteiger partial charge in [-0.1, -0.05) is 36.4 Å². The molecule has 0 saturated heterocycles. The molecular formula is C17H10N3O6-. The molecule has 0 spiro atoms. The number of hydrogen-bond donors (Lipinski definition) is 1. The molecule has 3 rings (SSSR count). The molecular weight excluding hydrogens is 342 g/mol. The highest BCUT2D eigenvalue weighted by atomic mass is 16.6. The van der Waals surface area contributed by atoms with Crippen LogP contribution in [0.4, 0.5) is 17.1 Å². The lowest BCUT2D eigenvalue weighted by atomic mass is 10.1. The summed E-state index contributed by atoms with van der Waals surface area (Å²) in [7, 11) is 0. The fraction of sp³-hybridized carbons (Fsp3) is 0. The van der Waals surface area contributed by atoms with Gasteiger partial charge in [0.05, 0.1) is 15.9 Å². The van der Waals surface area contributed by atoms with Crippen molar-refractivity contribution in [2.45, 2.75) is 0 Å². The summed E-state index contributed by atoms with van der Waals surface area (Å²) in [5, 5.41) is 38.1. The van der Waals surface area contributed by atoms with Crippen LogP contribution < -0.4 is 10.4 Å². The van der Waals surface area contributed by atoms with E-state index in [2.05, 4.69) is 5.32 Å². The number of amides is 1. The van der Waals surface area contributed by atoms with Crippen LogP contribution in [-0.2, 0) is 0 Å². The van der Waals surface area contributed by atoms with Crippen molar-refractivity contribution in [1.82, 2.24) is 0 Å². The van der Waals surface area contributed by atoms with Gasteiger partial charge in [0.1, 0.15) is 0 Å². The van der Waals surface area contributed by atoms with E-state index in [1.807, 2.05) is 18.2 Å². The average Bonchev–Trinajstić information content (AvgIpc) is 2.61. The molecule has 0 atom stereocenters. The summed E-state index contributed by atoms with van der Waals surface area (Å²) >= 11 is 0. The van der Waals surface area contributed by atoms with E-state index in [1.54, 1.807) is 24.3 Å². The van der Waals surface area contributed by atoms with E-state index in [0.29, 0.717) is 17.1 Å². The number of nitro groups is 2. The Kier molecular flexibility index (Phi) is 4.19. The van der Waals surface area contributed by atoms with Gasteiger partial charge in [-0.05, 0) is 17.2 Å². The summed E-state index contributed by atoms with van der Waals surface area (Å²) < 4.78 is 0. The number of benzene rings is 3. The Labute approximate surface area is 145 Å². The molecule has 0 aliphatic carbocycles. The van der Waals surface area contributed by atoms with Crippen LogP contribution in [0.1, 0.15) is 10.4 Å². The second-order valence-corrected chi connectivity index (χ2v) is 5.34. The van der Waals surface area contributed by atoms with E-state index >= 15 is 0 Å². The maximum absolute atomic E-state index is 12.5. The first-order chi connectivity index (χ1) is 12.4. The van der Waals surface area contributed by atoms with E-state index < -0.39 is 38.4 Å². The summed E-state index contributed by atoms with van der Waals surface area (Å²) in [6.07, 6.45) is 0. The second-order valence-electron chi connectivity index (χ2n) is 5.34. The SMILES string of the molecule is O=C(Nc1cccc2ccccc12)c1cc([N+](=O)[O-])cc([N+](=O)[O-])c1[O-]. The first-order valence-electron chi connectivity index (χ1n) is 7.31. The number of hydrogen-bond acceptors (Lipinski definition) is 6. The average molecular weight is 352 g/mol. The Morgan fingerprint density at radius 2 is 1.62 bits per heavy atom. The summed E-state index contributed by atoms with van der Waals surface area (Å²) in [4.78, 5) is 32.4. The van der Waals surface area contributed by atoms with Gasteiger partial charge in [0.25, 0.3) is 17.3 Å². The standard InChI is InChI=1S/C17H11N3O6/c21-16-13(8-11(19(23)24)9-15(16)20(25)26)17(22)18-14-7-3-5-10-4-1-2-6-12(10)14/h1-9,21H,(H,18,22)/p-1. The van der Waals surface area contributed by atoms with E-state index in [4.69, 9.17) is 0 Å². The van der Waals surface area contributed by atoms with Gasteiger partial charge in [0.2, 0.25) is 0 Å². The molecule has 1 N–H and O–H groups in total. The van der Waals surface area contributed by atoms with Crippen molar-refractivity contribution in [3.05, 3.63) is 80.4 Å². The largest absolute Gasteiger partial charge is 0.867 e. The molecule has 0 aliphatic heterocycles. The minimum atomic E-state index is -1.18. The Bertz CT molecular complexity index is 1060. The van der Waals surface area contributed by atoms with Gasteiger partial charge < -0.3 is 10.4 Å². The van der Waals surface area contributed by atoms with Gasteiger partial charge in [0.15, 0.2) is 0 Å². The van der Waals surface area contributed by atoms with Gasteiger partial charge >= 0.3 is 0 Å². The fourth-order valence-corrected chi connectivity index (χ4v) is 2.53. The number of fused-ring (bicyclic) bond motifs is 1. The maximum Gasteiger partial charge on any atom is 0.277 e. The molecule has 0 bridgehead atoms. The van der Waals surface area contributed by atoms with Crippen LogP contribution in [0.15, 0.2) is 54.6 Å². The van der Waals surface area contributed by atoms with Crippen molar-refractivity contribution in [1.29, 1.82) is 0 Å². The fourth-order valence-electron chi connectivity index (χ4n) is 2.53. The Balaban J connectivity index is 2.07. The van der Waals surface area contributed by atoms with Crippen molar-refractivity contribution in [3.8, 4) is 5.75 Å². The monoisotopic (exact) mass is 352 g/mol. The van der Waals surface area contributed by atoms with Crippen LogP contribution in [0.3, 0.4) is 0 Å². The van der Waals surface area contributed by atoms with E-state index in [1.165, 1.54) is 0 Å². The van der Waals surface area contributed by atoms with Gasteiger partial charge in [-0.2, -0.15) is 0 Å². The van der Waals surface area contributed by atoms with E-state index in [-0.39, 0.29) is 0 Å². The van der Waals surface area contributed by atoms with Gasteiger partial charge in [0, 0.05) is 22.7 Å². The summed E-state index contributed by atoms with van der Waals surface area (Å²) in [6, 6.07) is 13.5. The molecule has 9 heteroatoms. The predicted octanol–water partition coefficient (Wildman–Crippen LogP) is 2.98. The Hall–Kier alpha value is -4.01. The minimum absolute atomic E-state index is 0.377. The number of rotatable bonds is 4. The molecule has 0 unspecified atom stereocenters. The van der Waals surface area contributed by atoms with Crippen molar-refractivity contribution >= 4 is 33.7 Å². The lowest BCUT2D eigenvalue weighted by Crippen LogP contribution is -2.16. The number of carbonyl (C=O) groups excluding carboxylic acids is 1. The molecule has 0 heterocycles. The first-order valence-corrected chi connectivity index (χ1v) is 7.31. The first kappa shape index (κ1) is 16.8. The second kappa shape index (κ2) is 6.48. The molecule has 26 heavy (non-hydrogen) atoms. The maximum atomic E-state index is 12.5. The Morgan fingerprint density at radius 3 is 2.31 bits per heavy atom. The van der Waals surface area contributed by atoms with Crippen molar-refractivity contribution < 1.29 is 19.7 Å². The number of nitrogens with zero attached hydrogens (tertiary/aromatic N) is 2. The van der Waals surface area contributed by atoms with Crippen molar-refractivity contribution in [3.63, 3.8) is 0 Å². The van der Waals surface area contributed by atoms with Gasteiger partial charge in [-0.15, -0.1) is 0 Å². The highest BCUT2D eigenvalue weighted by molar-refractivity contribution is 6.11. The number of carbonyl (C=O) groups is 1. The predicted molar refractivity (Wildman–Crippen MR) is 91.1 cm³/mol. The zero-order valence-corrected chi connectivity index (χ0v) is 13.0. The normalized spacial score (nSPS) is 10.5. The molecule has 130 valence electrons. The number of anilines is 1. The quantitative estimate of drug-likeness (QED) is 0.565. The summed E-state index contributed by atoms with van der Waals surface area (Å²) in [6.45, 7) is 0. The third-order valence-corrected chi connectivity index (χ3v) is 3.74. The summed E-state index contributed by atoms with van der Waals surface area (Å²) in [5.41, 5.74) is -2.03. The number of non-ortho nitro benzene ring substituents is 1. The molecule has 0 radical (unpaired) electrons. The van der Waals surface area contributed by atoms with Crippen LogP contribution in [0, 0.1) is 20.2 Å². The highest BCUT2D eigenvalue weighted by Crippen LogP contribution is 2.33. The molecule has 3 aromatic carbocycles. The smallest absolute Gasteiger partial charge is 0.277 e. The topological polar surface area (TPSA) is 138 Å². The summed E-state index contributed by atoms with van der Waals surface area (Å²) in [5.74, 6) is -2.14. The van der Waals surface area contributed by atoms with Gasteiger partial charge in [-0.25, -0.2) is 0 Å². The number of nitro benzene ring substituents is 2. The van der Waals surface area contributed by atoms with Crippen molar-refractivity contribution in [2.75, 3.05) is 5.32 Å². The molecule has 3 aromatic rings. The lowest BCUT2D eigenvalue weighted by Gasteiger charge is -2.14. The Morgan fingerprint density at radius 1 is 0.923 bits per heavy atom. The zero-order valence-electron chi connectivity index (χ0n) is 13.0. The van der Waals surface area contributed by atoms with Gasteiger partial charge in [-0.3, -0.25) is 25.0 Å². The minimum Gasteiger partial charge on any atom is -0.867 e. The van der Waals surface area contributed by atoms with E-state index in [0.717, 1.165) is 11.5 Å². The molecule has 1 amide bonds. The van der Waals surface area contributed by atoms with Crippen LogP contribution in [0.2, 0.25) is 0 Å². The lowest BCUT2D eigenvalue weighted by molar-refractivity contribution is -0.403. The van der Waals surface area contributed by atoms with Crippen molar-refractivity contribution in [2.24, 2.45) is 0 Å². The van der Waals surface area contributed by atoms with Crippen LogP contribution in [0.25, 0.3) is 10.8 Å². The molecule has 0 aromatic heterocycles. The molecule has 9 nitrogen and oxygen atoms in total. The van der Waals surface area contributed by atoms with Crippen LogP contribution in [0.5, 0.6) is 5.75 Å². The zero-order chi connectivity index (χ0) is 18.8. The molecule has 0 aliphatic rings.